The maximum Gasteiger partial charge on any atom is 0.272 e. The zero-order chi connectivity index (χ0) is 31.2. The normalized spacial score (nSPS) is 18.5. The summed E-state index contributed by atoms with van der Waals surface area (Å²) in [7, 11) is 1.53. The lowest BCUT2D eigenvalue weighted by molar-refractivity contribution is -0.142. The van der Waals surface area contributed by atoms with E-state index in [4.69, 9.17) is 4.74 Å². The van der Waals surface area contributed by atoms with Gasteiger partial charge in [0.25, 0.3) is 11.8 Å². The van der Waals surface area contributed by atoms with Gasteiger partial charge in [0.1, 0.15) is 17.4 Å². The summed E-state index contributed by atoms with van der Waals surface area (Å²) in [6.07, 6.45) is 4.20. The SMILES string of the molecule is C=Cc1ccccc1-c1ccc(C(=O)N2CC3CC2CN3C(=O)C(NC(=O)c2cc3ccc(C)cc3[nH]2)C(C)(C)OC)nc1. The Kier molecular flexibility index (Phi) is 7.59. The number of aromatic amines is 1. The molecule has 4 aromatic rings. The summed E-state index contributed by atoms with van der Waals surface area (Å²) in [4.78, 5) is 52.1. The smallest absolute Gasteiger partial charge is 0.272 e. The maximum atomic E-state index is 14.0. The Labute approximate surface area is 256 Å². The first-order chi connectivity index (χ1) is 21.1. The van der Waals surface area contributed by atoms with Crippen LogP contribution in [0.15, 0.2) is 73.4 Å². The lowest BCUT2D eigenvalue weighted by Crippen LogP contribution is -2.62. The minimum atomic E-state index is -0.970. The molecule has 2 saturated heterocycles. The van der Waals surface area contributed by atoms with Gasteiger partial charge in [0.2, 0.25) is 5.91 Å². The van der Waals surface area contributed by atoms with Crippen molar-refractivity contribution in [3.05, 3.63) is 96.0 Å². The van der Waals surface area contributed by atoms with Crippen LogP contribution in [0.25, 0.3) is 28.1 Å². The molecule has 0 spiro atoms. The highest BCUT2D eigenvalue weighted by Crippen LogP contribution is 2.34. The van der Waals surface area contributed by atoms with E-state index in [-0.39, 0.29) is 29.8 Å². The zero-order valence-electron chi connectivity index (χ0n) is 25.5. The number of likely N-dealkylation sites (tertiary alicyclic amines) is 2. The van der Waals surface area contributed by atoms with Gasteiger partial charge < -0.3 is 24.8 Å². The Morgan fingerprint density at radius 1 is 1.07 bits per heavy atom. The third-order valence-corrected chi connectivity index (χ3v) is 9.03. The molecule has 6 rings (SSSR count). The third kappa shape index (κ3) is 5.28. The van der Waals surface area contributed by atoms with Crippen molar-refractivity contribution in [1.29, 1.82) is 0 Å². The van der Waals surface area contributed by atoms with Crippen LogP contribution in [0.4, 0.5) is 0 Å². The minimum Gasteiger partial charge on any atom is -0.376 e. The second-order valence-corrected chi connectivity index (χ2v) is 12.2. The monoisotopic (exact) mass is 591 g/mol. The molecule has 9 heteroatoms. The van der Waals surface area contributed by atoms with Crippen molar-refractivity contribution in [3.63, 3.8) is 0 Å². The highest BCUT2D eigenvalue weighted by Gasteiger charge is 2.50. The highest BCUT2D eigenvalue weighted by molar-refractivity contribution is 6.01. The molecule has 2 aromatic carbocycles. The Hall–Kier alpha value is -4.76. The largest absolute Gasteiger partial charge is 0.376 e. The van der Waals surface area contributed by atoms with Crippen LogP contribution >= 0.6 is 0 Å². The Morgan fingerprint density at radius 2 is 1.82 bits per heavy atom. The van der Waals surface area contributed by atoms with E-state index in [1.165, 1.54) is 7.11 Å². The van der Waals surface area contributed by atoms with Crippen LogP contribution in [-0.4, -0.2) is 81.4 Å². The number of ether oxygens (including phenoxy) is 1. The number of nitrogens with zero attached hydrogens (tertiary/aromatic N) is 3. The minimum absolute atomic E-state index is 0.127. The lowest BCUT2D eigenvalue weighted by atomic mass is 9.96. The number of nitrogens with one attached hydrogen (secondary N) is 2. The van der Waals surface area contributed by atoms with Crippen molar-refractivity contribution in [3.8, 4) is 11.1 Å². The second kappa shape index (κ2) is 11.4. The maximum absolute atomic E-state index is 14.0. The van der Waals surface area contributed by atoms with Gasteiger partial charge in [-0.05, 0) is 62.1 Å². The van der Waals surface area contributed by atoms with E-state index >= 15 is 0 Å². The molecule has 226 valence electrons. The van der Waals surface area contributed by atoms with E-state index in [0.29, 0.717) is 30.9 Å². The molecule has 9 nitrogen and oxygen atoms in total. The summed E-state index contributed by atoms with van der Waals surface area (Å²) >= 11 is 0. The molecule has 3 unspecified atom stereocenters. The van der Waals surface area contributed by atoms with E-state index in [9.17, 15) is 14.4 Å². The predicted molar refractivity (Wildman–Crippen MR) is 170 cm³/mol. The topological polar surface area (TPSA) is 108 Å². The average Bonchev–Trinajstić information content (AvgIpc) is 3.77. The fourth-order valence-corrected chi connectivity index (χ4v) is 6.34. The number of methoxy groups -OCH3 is 1. The summed E-state index contributed by atoms with van der Waals surface area (Å²) in [6, 6.07) is 18.1. The third-order valence-electron chi connectivity index (χ3n) is 9.03. The van der Waals surface area contributed by atoms with Crippen LogP contribution < -0.4 is 5.32 Å². The standard InChI is InChI=1S/C35H37N5O4/c1-6-22-9-7-8-10-27(22)24-13-14-28(36-18-24)33(42)39-19-26-17-25(39)20-40(26)34(43)31(35(3,4)44-5)38-32(41)30-16-23-12-11-21(2)15-29(23)37-30/h6-16,18,25-26,31,37H,1,17,19-20H2,2-5H3,(H,38,41). The van der Waals surface area contributed by atoms with E-state index in [0.717, 1.165) is 33.2 Å². The number of aromatic nitrogens is 2. The van der Waals surface area contributed by atoms with E-state index in [1.807, 2.05) is 60.4 Å². The lowest BCUT2D eigenvalue weighted by Gasteiger charge is -2.39. The Balaban J connectivity index is 1.15. The molecule has 2 aliphatic rings. The van der Waals surface area contributed by atoms with Crippen LogP contribution in [-0.2, 0) is 9.53 Å². The summed E-state index contributed by atoms with van der Waals surface area (Å²) in [5.74, 6) is -0.752. The van der Waals surface area contributed by atoms with Gasteiger partial charge in [0.15, 0.2) is 0 Å². The van der Waals surface area contributed by atoms with E-state index in [2.05, 4.69) is 21.9 Å². The van der Waals surface area contributed by atoms with Crippen LogP contribution in [0.1, 0.15) is 52.4 Å². The van der Waals surface area contributed by atoms with Crippen molar-refractivity contribution in [2.75, 3.05) is 20.2 Å². The second-order valence-electron chi connectivity index (χ2n) is 12.2. The number of carbonyl (C=O) groups excluding carboxylic acids is 3. The van der Waals surface area contributed by atoms with Gasteiger partial charge >= 0.3 is 0 Å². The van der Waals surface area contributed by atoms with Gasteiger partial charge in [0, 0.05) is 42.9 Å². The molecule has 0 aliphatic carbocycles. The number of pyridine rings is 1. The van der Waals surface area contributed by atoms with Crippen molar-refractivity contribution >= 4 is 34.7 Å². The number of hydrogen-bond acceptors (Lipinski definition) is 5. The van der Waals surface area contributed by atoms with E-state index in [1.54, 1.807) is 43.2 Å². The zero-order valence-corrected chi connectivity index (χ0v) is 25.5. The molecular formula is C35H37N5O4. The Bertz CT molecular complexity index is 1760. The summed E-state index contributed by atoms with van der Waals surface area (Å²) in [6.45, 7) is 10.3. The predicted octanol–water partition coefficient (Wildman–Crippen LogP) is 4.83. The first kappa shape index (κ1) is 29.3. The van der Waals surface area contributed by atoms with Crippen LogP contribution in [0.5, 0.6) is 0 Å². The van der Waals surface area contributed by atoms with Crippen LogP contribution in [0.2, 0.25) is 0 Å². The van der Waals surface area contributed by atoms with Crippen molar-refractivity contribution in [2.24, 2.45) is 0 Å². The summed E-state index contributed by atoms with van der Waals surface area (Å²) < 4.78 is 5.69. The quantitative estimate of drug-likeness (QED) is 0.305. The number of H-pyrrole nitrogens is 1. The number of benzene rings is 2. The van der Waals surface area contributed by atoms with Crippen LogP contribution in [0, 0.1) is 6.92 Å². The number of aryl methyl sites for hydroxylation is 1. The van der Waals surface area contributed by atoms with Gasteiger partial charge in [0.05, 0.1) is 17.7 Å². The number of piperazine rings is 1. The number of amides is 3. The molecule has 2 bridgehead atoms. The molecule has 0 radical (unpaired) electrons. The van der Waals surface area contributed by atoms with Gasteiger partial charge in [-0.15, -0.1) is 0 Å². The Morgan fingerprint density at radius 3 is 2.50 bits per heavy atom. The van der Waals surface area contributed by atoms with Gasteiger partial charge in [-0.2, -0.15) is 0 Å². The van der Waals surface area contributed by atoms with Gasteiger partial charge in [-0.25, -0.2) is 0 Å². The number of carbonyl (C=O) groups is 3. The van der Waals surface area contributed by atoms with Crippen molar-refractivity contribution < 1.29 is 19.1 Å². The fraction of sp³-hybridized carbons (Fsp3) is 0.314. The number of fused-ring (bicyclic) bond motifs is 3. The molecule has 3 amide bonds. The molecule has 4 heterocycles. The molecule has 2 aliphatic heterocycles. The van der Waals surface area contributed by atoms with Crippen molar-refractivity contribution in [2.45, 2.75) is 50.9 Å². The molecule has 0 saturated carbocycles. The molecule has 2 aromatic heterocycles. The molecular weight excluding hydrogens is 554 g/mol. The number of rotatable bonds is 8. The first-order valence-electron chi connectivity index (χ1n) is 14.8. The summed E-state index contributed by atoms with van der Waals surface area (Å²) in [5, 5.41) is 3.86. The van der Waals surface area contributed by atoms with Crippen molar-refractivity contribution in [1.82, 2.24) is 25.1 Å². The van der Waals surface area contributed by atoms with Gasteiger partial charge in [-0.1, -0.05) is 55.1 Å². The highest BCUT2D eigenvalue weighted by atomic mass is 16.5. The van der Waals surface area contributed by atoms with Crippen LogP contribution in [0.3, 0.4) is 0 Å². The molecule has 44 heavy (non-hydrogen) atoms. The van der Waals surface area contributed by atoms with Gasteiger partial charge in [-0.3, -0.25) is 19.4 Å². The van der Waals surface area contributed by atoms with E-state index < -0.39 is 11.6 Å². The molecule has 3 atom stereocenters. The average molecular weight is 592 g/mol. The fourth-order valence-electron chi connectivity index (χ4n) is 6.34. The molecule has 2 fully saturated rings. The summed E-state index contributed by atoms with van der Waals surface area (Å²) in [5.41, 5.74) is 4.63. The first-order valence-corrected chi connectivity index (χ1v) is 14.8. The molecule has 2 N–H and O–H groups in total. The number of hydrogen-bond donors (Lipinski definition) is 2.